The van der Waals surface area contributed by atoms with Crippen LogP contribution in [0.4, 0.5) is 0 Å². The van der Waals surface area contributed by atoms with Crippen LogP contribution < -0.4 is 0 Å². The van der Waals surface area contributed by atoms with E-state index in [1.54, 1.807) is 5.57 Å². The summed E-state index contributed by atoms with van der Waals surface area (Å²) in [4.78, 5) is 0. The predicted molar refractivity (Wildman–Crippen MR) is 80.9 cm³/mol. The molecule has 4 aliphatic carbocycles. The molecule has 5 unspecified atom stereocenters. The number of hydrogen-bond acceptors (Lipinski definition) is 0. The molecule has 2 bridgehead atoms. The molecule has 0 aromatic carbocycles. The predicted octanol–water partition coefficient (Wildman–Crippen LogP) is 5.59. The molecule has 0 heteroatoms. The van der Waals surface area contributed by atoms with E-state index in [2.05, 4.69) is 20.4 Å². The highest BCUT2D eigenvalue weighted by Gasteiger charge is 2.61. The van der Waals surface area contributed by atoms with Gasteiger partial charge in [0.05, 0.1) is 0 Å². The summed E-state index contributed by atoms with van der Waals surface area (Å²) in [5.74, 6) is 3.94. The van der Waals surface area contributed by atoms with Crippen molar-refractivity contribution in [3.8, 4) is 0 Å². The minimum Gasteiger partial charge on any atom is -0.0996 e. The van der Waals surface area contributed by atoms with Gasteiger partial charge in [-0.1, -0.05) is 38.8 Å². The Morgan fingerprint density at radius 1 is 1.11 bits per heavy atom. The molecule has 0 heterocycles. The molecule has 0 radical (unpaired) electrons. The molecule has 0 aromatic rings. The van der Waals surface area contributed by atoms with Crippen LogP contribution in [0.25, 0.3) is 0 Å². The van der Waals surface area contributed by atoms with Crippen molar-refractivity contribution in [1.82, 2.24) is 0 Å². The molecule has 1 spiro atoms. The molecule has 0 amide bonds. The summed E-state index contributed by atoms with van der Waals surface area (Å²) in [7, 11) is 0. The third kappa shape index (κ3) is 1.52. The van der Waals surface area contributed by atoms with Gasteiger partial charge in [-0.05, 0) is 79.4 Å². The molecule has 4 rings (SSSR count). The number of allylic oxidation sites excluding steroid dienone is 1. The lowest BCUT2D eigenvalue weighted by atomic mass is 9.43. The van der Waals surface area contributed by atoms with E-state index < -0.39 is 0 Å². The maximum absolute atomic E-state index is 4.42. The Bertz CT molecular complexity index is 408. The second-order valence-electron chi connectivity index (χ2n) is 8.75. The number of rotatable bonds is 0. The molecule has 0 saturated heterocycles. The van der Waals surface area contributed by atoms with E-state index >= 15 is 0 Å². The first-order valence-electron chi connectivity index (χ1n) is 8.73. The Kier molecular flexibility index (Phi) is 2.56. The Hall–Kier alpha value is -0.260. The van der Waals surface area contributed by atoms with E-state index in [-0.39, 0.29) is 0 Å². The Morgan fingerprint density at radius 3 is 2.79 bits per heavy atom. The zero-order chi connectivity index (χ0) is 13.3. The van der Waals surface area contributed by atoms with Gasteiger partial charge in [-0.3, -0.25) is 0 Å². The zero-order valence-corrected chi connectivity index (χ0v) is 12.9. The molecule has 0 aromatic heterocycles. The SMILES string of the molecule is C=C1CC23CCC4C(C)CCC[C@@]4(C)C2CCC1C3. The van der Waals surface area contributed by atoms with E-state index in [0.29, 0.717) is 10.8 Å². The van der Waals surface area contributed by atoms with E-state index in [4.69, 9.17) is 0 Å². The highest BCUT2D eigenvalue weighted by molar-refractivity contribution is 5.21. The van der Waals surface area contributed by atoms with Gasteiger partial charge in [-0.25, -0.2) is 0 Å². The quantitative estimate of drug-likeness (QED) is 0.497. The molecular formula is C19H30. The van der Waals surface area contributed by atoms with Gasteiger partial charge < -0.3 is 0 Å². The van der Waals surface area contributed by atoms with Crippen LogP contribution in [0.2, 0.25) is 0 Å². The van der Waals surface area contributed by atoms with Gasteiger partial charge in [-0.15, -0.1) is 0 Å². The molecule has 19 heavy (non-hydrogen) atoms. The van der Waals surface area contributed by atoms with E-state index in [1.165, 1.54) is 57.8 Å². The van der Waals surface area contributed by atoms with Crippen molar-refractivity contribution in [2.24, 2.45) is 34.5 Å². The molecular weight excluding hydrogens is 228 g/mol. The van der Waals surface area contributed by atoms with Crippen LogP contribution in [0.1, 0.15) is 71.6 Å². The molecule has 106 valence electrons. The lowest BCUT2D eigenvalue weighted by Gasteiger charge is -2.61. The lowest BCUT2D eigenvalue weighted by Crippen LogP contribution is -2.53. The minimum absolute atomic E-state index is 0.672. The van der Waals surface area contributed by atoms with Crippen molar-refractivity contribution < 1.29 is 0 Å². The van der Waals surface area contributed by atoms with Crippen molar-refractivity contribution >= 4 is 0 Å². The van der Waals surface area contributed by atoms with Gasteiger partial charge in [-0.2, -0.15) is 0 Å². The summed E-state index contributed by atoms with van der Waals surface area (Å²) in [5, 5.41) is 0. The maximum Gasteiger partial charge on any atom is -0.0200 e. The minimum atomic E-state index is 0.672. The van der Waals surface area contributed by atoms with Crippen LogP contribution in [-0.4, -0.2) is 0 Å². The van der Waals surface area contributed by atoms with Crippen LogP contribution in [0.3, 0.4) is 0 Å². The van der Waals surface area contributed by atoms with Crippen LogP contribution >= 0.6 is 0 Å². The van der Waals surface area contributed by atoms with Crippen molar-refractivity contribution in [2.75, 3.05) is 0 Å². The van der Waals surface area contributed by atoms with Crippen molar-refractivity contribution in [2.45, 2.75) is 71.6 Å². The molecule has 0 aliphatic heterocycles. The monoisotopic (exact) mass is 258 g/mol. The smallest absolute Gasteiger partial charge is 0.0200 e. The largest absolute Gasteiger partial charge is 0.0996 e. The zero-order valence-electron chi connectivity index (χ0n) is 12.9. The van der Waals surface area contributed by atoms with E-state index in [9.17, 15) is 0 Å². The first-order valence-corrected chi connectivity index (χ1v) is 8.73. The Balaban J connectivity index is 1.73. The fourth-order valence-corrected chi connectivity index (χ4v) is 7.27. The summed E-state index contributed by atoms with van der Waals surface area (Å²) in [6.45, 7) is 9.65. The molecule has 4 aliphatic rings. The normalized spacial score (nSPS) is 56.6. The third-order valence-electron chi connectivity index (χ3n) is 8.01. The van der Waals surface area contributed by atoms with Gasteiger partial charge in [0, 0.05) is 0 Å². The van der Waals surface area contributed by atoms with Gasteiger partial charge in [0.2, 0.25) is 0 Å². The Labute approximate surface area is 119 Å². The number of fused-ring (bicyclic) bond motifs is 3. The molecule has 4 fully saturated rings. The first kappa shape index (κ1) is 12.5. The van der Waals surface area contributed by atoms with Gasteiger partial charge in [0.25, 0.3) is 0 Å². The summed E-state index contributed by atoms with van der Waals surface area (Å²) in [6.07, 6.45) is 13.4. The molecule has 0 nitrogen and oxygen atoms in total. The third-order valence-corrected chi connectivity index (χ3v) is 8.01. The van der Waals surface area contributed by atoms with Gasteiger partial charge in [0.15, 0.2) is 0 Å². The van der Waals surface area contributed by atoms with E-state index in [1.807, 2.05) is 0 Å². The average molecular weight is 258 g/mol. The van der Waals surface area contributed by atoms with Crippen LogP contribution in [0.5, 0.6) is 0 Å². The standard InChI is InChI=1S/C19H30/c1-13-5-4-9-18(3)16(13)8-10-19-11-14(2)15(12-19)6-7-17(18)19/h13,15-17H,2,4-12H2,1,3H3/t13?,15?,16?,17?,18-,19?/m1/s1. The summed E-state index contributed by atoms with van der Waals surface area (Å²) >= 11 is 0. The van der Waals surface area contributed by atoms with Crippen LogP contribution in [0.15, 0.2) is 12.2 Å². The summed E-state index contributed by atoms with van der Waals surface area (Å²) in [6, 6.07) is 0. The van der Waals surface area contributed by atoms with E-state index in [0.717, 1.165) is 23.7 Å². The average Bonchev–Trinajstić information content (AvgIpc) is 2.59. The van der Waals surface area contributed by atoms with Gasteiger partial charge >= 0.3 is 0 Å². The second kappa shape index (κ2) is 3.89. The molecule has 4 saturated carbocycles. The summed E-state index contributed by atoms with van der Waals surface area (Å²) < 4.78 is 0. The van der Waals surface area contributed by atoms with Crippen molar-refractivity contribution in [1.29, 1.82) is 0 Å². The molecule has 0 N–H and O–H groups in total. The topological polar surface area (TPSA) is 0 Å². The molecule has 6 atom stereocenters. The first-order chi connectivity index (χ1) is 9.05. The van der Waals surface area contributed by atoms with Crippen LogP contribution in [-0.2, 0) is 0 Å². The lowest BCUT2D eigenvalue weighted by molar-refractivity contribution is -0.120. The van der Waals surface area contributed by atoms with Crippen LogP contribution in [0, 0.1) is 34.5 Å². The van der Waals surface area contributed by atoms with Gasteiger partial charge in [0.1, 0.15) is 0 Å². The summed E-state index contributed by atoms with van der Waals surface area (Å²) in [5.41, 5.74) is 2.99. The highest BCUT2D eigenvalue weighted by Crippen LogP contribution is 2.70. The maximum atomic E-state index is 4.42. The second-order valence-corrected chi connectivity index (χ2v) is 8.75. The number of hydrogen-bond donors (Lipinski definition) is 0. The fourth-order valence-electron chi connectivity index (χ4n) is 7.27. The highest BCUT2D eigenvalue weighted by atomic mass is 14.7. The fraction of sp³-hybridized carbons (Fsp3) is 0.895. The Morgan fingerprint density at radius 2 is 1.95 bits per heavy atom. The van der Waals surface area contributed by atoms with Crippen molar-refractivity contribution in [3.63, 3.8) is 0 Å². The van der Waals surface area contributed by atoms with Crippen molar-refractivity contribution in [3.05, 3.63) is 12.2 Å².